The highest BCUT2D eigenvalue weighted by atomic mass is 35.5. The molecule has 0 aromatic heterocycles. The molecule has 0 bridgehead atoms. The van der Waals surface area contributed by atoms with Crippen molar-refractivity contribution in [2.24, 2.45) is 0 Å². The minimum Gasteiger partial charge on any atom is -0.303 e. The lowest BCUT2D eigenvalue weighted by atomic mass is 10.1. The van der Waals surface area contributed by atoms with Crippen LogP contribution in [0, 0.1) is 0 Å². The summed E-state index contributed by atoms with van der Waals surface area (Å²) in [4.78, 5) is 0. The van der Waals surface area contributed by atoms with E-state index in [-0.39, 0.29) is 21.0 Å². The molecule has 1 aromatic carbocycles. The Bertz CT molecular complexity index is 465. The van der Waals surface area contributed by atoms with Gasteiger partial charge in [-0.3, -0.25) is 0 Å². The average molecular weight is 305 g/mol. The molecule has 2 nitrogen and oxygen atoms in total. The predicted octanol–water partition coefficient (Wildman–Crippen LogP) is 4.12. The summed E-state index contributed by atoms with van der Waals surface area (Å²) in [6.07, 6.45) is -4.77. The first-order valence-corrected chi connectivity index (χ1v) is 5.98. The number of rotatable bonds is 2. The molecule has 0 spiro atoms. The Kier molecular flexibility index (Phi) is 4.60. The SMILES string of the molecule is O=S(O)C=C(c1cc(Cl)cc(Cl)c1)C(F)(F)F. The second-order valence-electron chi connectivity index (χ2n) is 2.96. The largest absolute Gasteiger partial charge is 0.417 e. The number of allylic oxidation sites excluding steroid dienone is 1. The molecule has 0 heterocycles. The van der Waals surface area contributed by atoms with Crippen LogP contribution in [0.3, 0.4) is 0 Å². The highest BCUT2D eigenvalue weighted by molar-refractivity contribution is 7.82. The third-order valence-corrected chi connectivity index (χ3v) is 2.57. The van der Waals surface area contributed by atoms with E-state index < -0.39 is 22.8 Å². The molecule has 0 radical (unpaired) electrons. The molecule has 0 fully saturated rings. The molecule has 0 saturated carbocycles. The fourth-order valence-electron chi connectivity index (χ4n) is 1.11. The Hall–Kier alpha value is -0.560. The minimum atomic E-state index is -4.77. The van der Waals surface area contributed by atoms with Crippen LogP contribution in [0.2, 0.25) is 10.0 Å². The van der Waals surface area contributed by atoms with E-state index in [1.54, 1.807) is 0 Å². The molecular weight excluding hydrogens is 300 g/mol. The first-order chi connectivity index (χ1) is 7.70. The normalized spacial score (nSPS) is 14.8. The summed E-state index contributed by atoms with van der Waals surface area (Å²) in [6, 6.07) is 3.29. The van der Waals surface area contributed by atoms with Gasteiger partial charge in [-0.25, -0.2) is 4.21 Å². The number of hydrogen-bond donors (Lipinski definition) is 1. The summed E-state index contributed by atoms with van der Waals surface area (Å²) in [5.41, 5.74) is -1.62. The second kappa shape index (κ2) is 5.39. The molecule has 0 aliphatic heterocycles. The summed E-state index contributed by atoms with van der Waals surface area (Å²) in [6.45, 7) is 0. The van der Waals surface area contributed by atoms with E-state index in [9.17, 15) is 17.4 Å². The van der Waals surface area contributed by atoms with E-state index in [1.807, 2.05) is 0 Å². The van der Waals surface area contributed by atoms with Crippen molar-refractivity contribution in [3.05, 3.63) is 39.2 Å². The van der Waals surface area contributed by atoms with E-state index in [0.717, 1.165) is 12.1 Å². The zero-order valence-corrected chi connectivity index (χ0v) is 10.3. The first kappa shape index (κ1) is 14.5. The fourth-order valence-corrected chi connectivity index (χ4v) is 2.11. The third kappa shape index (κ3) is 4.31. The van der Waals surface area contributed by atoms with E-state index in [1.165, 1.54) is 6.07 Å². The smallest absolute Gasteiger partial charge is 0.303 e. The minimum absolute atomic E-state index is 0.00590. The van der Waals surface area contributed by atoms with Crippen LogP contribution in [0.25, 0.3) is 5.57 Å². The van der Waals surface area contributed by atoms with E-state index in [2.05, 4.69) is 0 Å². The highest BCUT2D eigenvalue weighted by Gasteiger charge is 2.35. The summed E-state index contributed by atoms with van der Waals surface area (Å²) in [5.74, 6) is 0. The summed E-state index contributed by atoms with van der Waals surface area (Å²) < 4.78 is 56.9. The second-order valence-corrected chi connectivity index (χ2v) is 4.62. The van der Waals surface area contributed by atoms with Crippen molar-refractivity contribution in [1.82, 2.24) is 0 Å². The highest BCUT2D eigenvalue weighted by Crippen LogP contribution is 2.36. The number of hydrogen-bond acceptors (Lipinski definition) is 1. The van der Waals surface area contributed by atoms with Gasteiger partial charge in [0.05, 0.1) is 5.57 Å². The Morgan fingerprint density at radius 1 is 1.24 bits per heavy atom. The molecule has 0 amide bonds. The number of alkyl halides is 3. The van der Waals surface area contributed by atoms with Gasteiger partial charge in [-0.1, -0.05) is 23.2 Å². The standard InChI is InChI=1S/C9H5Cl2F3O2S/c10-6-1-5(2-7(11)3-6)8(4-17(15)16)9(12,13)14/h1-4H,(H,15,16). The lowest BCUT2D eigenvalue weighted by molar-refractivity contribution is -0.0688. The zero-order valence-electron chi connectivity index (χ0n) is 7.96. The van der Waals surface area contributed by atoms with Crippen LogP contribution < -0.4 is 0 Å². The van der Waals surface area contributed by atoms with Gasteiger partial charge in [0.2, 0.25) is 0 Å². The Labute approximate surface area is 107 Å². The van der Waals surface area contributed by atoms with Crippen molar-refractivity contribution in [2.45, 2.75) is 6.18 Å². The van der Waals surface area contributed by atoms with Crippen LogP contribution in [0.1, 0.15) is 5.56 Å². The van der Waals surface area contributed by atoms with Crippen LogP contribution in [0.15, 0.2) is 23.6 Å². The summed E-state index contributed by atoms with van der Waals surface area (Å²) >= 11 is 8.40. The van der Waals surface area contributed by atoms with E-state index >= 15 is 0 Å². The molecule has 0 saturated heterocycles. The van der Waals surface area contributed by atoms with Gasteiger partial charge in [0.25, 0.3) is 0 Å². The van der Waals surface area contributed by atoms with Crippen molar-refractivity contribution < 1.29 is 21.9 Å². The Morgan fingerprint density at radius 3 is 2.06 bits per heavy atom. The van der Waals surface area contributed by atoms with Gasteiger partial charge in [0, 0.05) is 15.5 Å². The third-order valence-electron chi connectivity index (χ3n) is 1.70. The Balaban J connectivity index is 3.38. The van der Waals surface area contributed by atoms with Gasteiger partial charge in [0.1, 0.15) is 0 Å². The molecule has 1 atom stereocenters. The van der Waals surface area contributed by atoms with Gasteiger partial charge in [-0.05, 0) is 23.8 Å². The average Bonchev–Trinajstić information content (AvgIpc) is 2.10. The van der Waals surface area contributed by atoms with Gasteiger partial charge in [-0.2, -0.15) is 13.2 Å². The summed E-state index contributed by atoms with van der Waals surface area (Å²) in [7, 11) is 0. The molecule has 8 heteroatoms. The van der Waals surface area contributed by atoms with Crippen molar-refractivity contribution in [1.29, 1.82) is 0 Å². The predicted molar refractivity (Wildman–Crippen MR) is 61.3 cm³/mol. The summed E-state index contributed by atoms with van der Waals surface area (Å²) in [5, 5.41) is 0.194. The van der Waals surface area contributed by atoms with Crippen LogP contribution >= 0.6 is 23.2 Å². The van der Waals surface area contributed by atoms with Crippen LogP contribution in [-0.4, -0.2) is 14.9 Å². The fraction of sp³-hybridized carbons (Fsp3) is 0.111. The van der Waals surface area contributed by atoms with E-state index in [0.29, 0.717) is 0 Å². The quantitative estimate of drug-likeness (QED) is 0.835. The molecule has 1 N–H and O–H groups in total. The molecule has 94 valence electrons. The molecule has 1 aromatic rings. The van der Waals surface area contributed by atoms with Crippen LogP contribution in [0.5, 0.6) is 0 Å². The van der Waals surface area contributed by atoms with Gasteiger partial charge in [0.15, 0.2) is 11.1 Å². The molecule has 0 aliphatic rings. The first-order valence-electron chi connectivity index (χ1n) is 4.05. The van der Waals surface area contributed by atoms with Crippen molar-refractivity contribution in [2.75, 3.05) is 0 Å². The maximum Gasteiger partial charge on any atom is 0.417 e. The van der Waals surface area contributed by atoms with Crippen LogP contribution in [0.4, 0.5) is 13.2 Å². The molecular formula is C9H5Cl2F3O2S. The number of halogens is 5. The van der Waals surface area contributed by atoms with Gasteiger partial charge >= 0.3 is 6.18 Å². The lowest BCUT2D eigenvalue weighted by Crippen LogP contribution is -2.11. The van der Waals surface area contributed by atoms with E-state index in [4.69, 9.17) is 27.8 Å². The van der Waals surface area contributed by atoms with Crippen molar-refractivity contribution >= 4 is 39.9 Å². The topological polar surface area (TPSA) is 37.3 Å². The zero-order chi connectivity index (χ0) is 13.2. The maximum atomic E-state index is 12.6. The number of benzene rings is 1. The molecule has 1 unspecified atom stereocenters. The van der Waals surface area contributed by atoms with Gasteiger partial charge in [-0.15, -0.1) is 0 Å². The lowest BCUT2D eigenvalue weighted by Gasteiger charge is -2.12. The Morgan fingerprint density at radius 2 is 1.71 bits per heavy atom. The van der Waals surface area contributed by atoms with Crippen molar-refractivity contribution in [3.63, 3.8) is 0 Å². The monoisotopic (exact) mass is 304 g/mol. The maximum absolute atomic E-state index is 12.6. The molecule has 17 heavy (non-hydrogen) atoms. The van der Waals surface area contributed by atoms with Gasteiger partial charge < -0.3 is 4.55 Å². The van der Waals surface area contributed by atoms with Crippen molar-refractivity contribution in [3.8, 4) is 0 Å². The van der Waals surface area contributed by atoms with Crippen LogP contribution in [-0.2, 0) is 11.1 Å². The molecule has 0 aliphatic carbocycles. The molecule has 1 rings (SSSR count).